The number of nitrogens with zero attached hydrogens (tertiary/aromatic N) is 1. The van der Waals surface area contributed by atoms with Crippen molar-refractivity contribution < 1.29 is 13.9 Å². The number of hydrogen-bond donors (Lipinski definition) is 1. The maximum Gasteiger partial charge on any atom is 0.271 e. The molecule has 0 saturated carbocycles. The summed E-state index contributed by atoms with van der Waals surface area (Å²) in [5.41, 5.74) is 6.37. The van der Waals surface area contributed by atoms with E-state index in [-0.39, 0.29) is 18.3 Å². The molecule has 4 nitrogen and oxygen atoms in total. The standard InChI is InChI=1S/C17H17FN2O2/c1-17(2)16(21)20(10-11-5-3-4-6-13(11)18)14-8-7-12(19)9-15(14)22-17/h3-9H,10,19H2,1-2H3. The Balaban J connectivity index is 2.06. The highest BCUT2D eigenvalue weighted by Crippen LogP contribution is 2.39. The smallest absolute Gasteiger partial charge is 0.271 e. The zero-order valence-electron chi connectivity index (χ0n) is 12.5. The van der Waals surface area contributed by atoms with Crippen molar-refractivity contribution in [3.05, 3.63) is 53.8 Å². The topological polar surface area (TPSA) is 55.6 Å². The summed E-state index contributed by atoms with van der Waals surface area (Å²) in [4.78, 5) is 14.2. The van der Waals surface area contributed by atoms with Gasteiger partial charge in [0.2, 0.25) is 0 Å². The Labute approximate surface area is 128 Å². The number of fused-ring (bicyclic) bond motifs is 1. The molecule has 22 heavy (non-hydrogen) atoms. The van der Waals surface area contributed by atoms with Gasteiger partial charge in [0.15, 0.2) is 5.60 Å². The molecule has 0 atom stereocenters. The van der Waals surface area contributed by atoms with Crippen molar-refractivity contribution in [1.82, 2.24) is 0 Å². The van der Waals surface area contributed by atoms with Gasteiger partial charge in [-0.15, -0.1) is 0 Å². The predicted molar refractivity (Wildman–Crippen MR) is 83.2 cm³/mol. The lowest BCUT2D eigenvalue weighted by molar-refractivity contribution is -0.132. The van der Waals surface area contributed by atoms with E-state index in [1.165, 1.54) is 11.0 Å². The summed E-state index contributed by atoms with van der Waals surface area (Å²) >= 11 is 0. The van der Waals surface area contributed by atoms with Crippen LogP contribution >= 0.6 is 0 Å². The van der Waals surface area contributed by atoms with Gasteiger partial charge in [-0.3, -0.25) is 4.79 Å². The minimum absolute atomic E-state index is 0.148. The van der Waals surface area contributed by atoms with Crippen LogP contribution in [0.2, 0.25) is 0 Å². The van der Waals surface area contributed by atoms with Crippen LogP contribution in [0, 0.1) is 5.82 Å². The quantitative estimate of drug-likeness (QED) is 0.867. The lowest BCUT2D eigenvalue weighted by Crippen LogP contribution is -2.52. The summed E-state index contributed by atoms with van der Waals surface area (Å²) in [7, 11) is 0. The minimum atomic E-state index is -1.02. The van der Waals surface area contributed by atoms with Crippen LogP contribution in [0.5, 0.6) is 5.75 Å². The molecule has 3 rings (SSSR count). The predicted octanol–water partition coefficient (Wildman–Crippen LogP) is 3.11. The normalized spacial score (nSPS) is 16.1. The molecule has 0 radical (unpaired) electrons. The maximum atomic E-state index is 13.9. The van der Waals surface area contributed by atoms with Crippen LogP contribution in [-0.4, -0.2) is 11.5 Å². The average molecular weight is 300 g/mol. The number of nitrogen functional groups attached to an aromatic ring is 1. The molecular weight excluding hydrogens is 283 g/mol. The largest absolute Gasteiger partial charge is 0.476 e. The highest BCUT2D eigenvalue weighted by molar-refractivity contribution is 6.02. The molecule has 2 aromatic carbocycles. The highest BCUT2D eigenvalue weighted by Gasteiger charge is 2.41. The van der Waals surface area contributed by atoms with E-state index in [0.717, 1.165) is 0 Å². The van der Waals surface area contributed by atoms with E-state index in [1.807, 2.05) is 0 Å². The van der Waals surface area contributed by atoms with Gasteiger partial charge in [0.25, 0.3) is 5.91 Å². The zero-order valence-corrected chi connectivity index (χ0v) is 12.5. The van der Waals surface area contributed by atoms with Gasteiger partial charge in [-0.2, -0.15) is 0 Å². The number of anilines is 2. The molecule has 1 heterocycles. The molecule has 0 fully saturated rings. The monoisotopic (exact) mass is 300 g/mol. The molecule has 0 unspecified atom stereocenters. The summed E-state index contributed by atoms with van der Waals surface area (Å²) in [6, 6.07) is 11.5. The molecule has 1 aliphatic heterocycles. The van der Waals surface area contributed by atoms with Crippen LogP contribution in [0.3, 0.4) is 0 Å². The van der Waals surface area contributed by atoms with Crippen LogP contribution < -0.4 is 15.4 Å². The summed E-state index contributed by atoms with van der Waals surface area (Å²) in [6.07, 6.45) is 0. The summed E-state index contributed by atoms with van der Waals surface area (Å²) in [5, 5.41) is 0. The van der Waals surface area contributed by atoms with Gasteiger partial charge in [0, 0.05) is 17.3 Å². The first-order chi connectivity index (χ1) is 10.4. The third kappa shape index (κ3) is 2.39. The fraction of sp³-hybridized carbons (Fsp3) is 0.235. The summed E-state index contributed by atoms with van der Waals surface area (Å²) < 4.78 is 19.7. The second-order valence-electron chi connectivity index (χ2n) is 5.82. The lowest BCUT2D eigenvalue weighted by Gasteiger charge is -2.39. The van der Waals surface area contributed by atoms with Gasteiger partial charge in [-0.25, -0.2) is 4.39 Å². The van der Waals surface area contributed by atoms with Crippen LogP contribution in [0.15, 0.2) is 42.5 Å². The number of halogens is 1. The highest BCUT2D eigenvalue weighted by atomic mass is 19.1. The zero-order chi connectivity index (χ0) is 15.9. The SMILES string of the molecule is CC1(C)Oc2cc(N)ccc2N(Cc2ccccc2F)C1=O. The number of rotatable bonds is 2. The Hall–Kier alpha value is -2.56. The number of hydrogen-bond acceptors (Lipinski definition) is 3. The van der Waals surface area contributed by atoms with Crippen molar-refractivity contribution in [3.8, 4) is 5.75 Å². The van der Waals surface area contributed by atoms with E-state index in [2.05, 4.69) is 0 Å². The molecular formula is C17H17FN2O2. The Morgan fingerprint density at radius 2 is 1.95 bits per heavy atom. The van der Waals surface area contributed by atoms with Crippen molar-refractivity contribution in [1.29, 1.82) is 0 Å². The third-order valence-electron chi connectivity index (χ3n) is 3.69. The average Bonchev–Trinajstić information content (AvgIpc) is 2.45. The van der Waals surface area contributed by atoms with Crippen molar-refractivity contribution in [2.24, 2.45) is 0 Å². The minimum Gasteiger partial charge on any atom is -0.476 e. The van der Waals surface area contributed by atoms with Crippen molar-refractivity contribution in [3.63, 3.8) is 0 Å². The van der Waals surface area contributed by atoms with Gasteiger partial charge in [-0.05, 0) is 32.0 Å². The molecule has 0 aliphatic carbocycles. The van der Waals surface area contributed by atoms with E-state index >= 15 is 0 Å². The van der Waals surface area contributed by atoms with Crippen LogP contribution in [0.4, 0.5) is 15.8 Å². The van der Waals surface area contributed by atoms with Crippen molar-refractivity contribution in [2.75, 3.05) is 10.6 Å². The lowest BCUT2D eigenvalue weighted by atomic mass is 10.0. The molecule has 0 spiro atoms. The van der Waals surface area contributed by atoms with E-state index in [9.17, 15) is 9.18 Å². The van der Waals surface area contributed by atoms with E-state index in [4.69, 9.17) is 10.5 Å². The molecule has 1 aliphatic rings. The number of amides is 1. The number of carbonyl (C=O) groups excluding carboxylic acids is 1. The maximum absolute atomic E-state index is 13.9. The molecule has 114 valence electrons. The van der Waals surface area contributed by atoms with Gasteiger partial charge >= 0.3 is 0 Å². The molecule has 2 aromatic rings. The Kier molecular flexibility index (Phi) is 3.28. The second-order valence-corrected chi connectivity index (χ2v) is 5.82. The summed E-state index contributed by atoms with van der Waals surface area (Å²) in [5.74, 6) is -0.0226. The fourth-order valence-corrected chi connectivity index (χ4v) is 2.54. The van der Waals surface area contributed by atoms with Gasteiger partial charge in [0.05, 0.1) is 12.2 Å². The molecule has 1 amide bonds. The molecule has 0 saturated heterocycles. The van der Waals surface area contributed by atoms with Crippen LogP contribution in [0.1, 0.15) is 19.4 Å². The van der Waals surface area contributed by atoms with Crippen molar-refractivity contribution >= 4 is 17.3 Å². The van der Waals surface area contributed by atoms with E-state index in [0.29, 0.717) is 22.7 Å². The number of nitrogens with two attached hydrogens (primary N) is 1. The van der Waals surface area contributed by atoms with E-state index in [1.54, 1.807) is 50.2 Å². The molecule has 0 aromatic heterocycles. The first-order valence-corrected chi connectivity index (χ1v) is 7.02. The van der Waals surface area contributed by atoms with Gasteiger partial charge in [0.1, 0.15) is 11.6 Å². The second kappa shape index (κ2) is 5.02. The van der Waals surface area contributed by atoms with Gasteiger partial charge in [-0.1, -0.05) is 18.2 Å². The Morgan fingerprint density at radius 1 is 1.23 bits per heavy atom. The van der Waals surface area contributed by atoms with Crippen LogP contribution in [0.25, 0.3) is 0 Å². The fourth-order valence-electron chi connectivity index (χ4n) is 2.54. The number of carbonyl (C=O) groups is 1. The van der Waals surface area contributed by atoms with Gasteiger partial charge < -0.3 is 15.4 Å². The summed E-state index contributed by atoms with van der Waals surface area (Å²) in [6.45, 7) is 3.53. The first kappa shape index (κ1) is 14.4. The first-order valence-electron chi connectivity index (χ1n) is 7.02. The number of benzene rings is 2. The Morgan fingerprint density at radius 3 is 2.68 bits per heavy atom. The molecule has 0 bridgehead atoms. The van der Waals surface area contributed by atoms with E-state index < -0.39 is 5.60 Å². The molecule has 5 heteroatoms. The Bertz CT molecular complexity index is 743. The number of ether oxygens (including phenoxy) is 1. The molecule has 2 N–H and O–H groups in total. The third-order valence-corrected chi connectivity index (χ3v) is 3.69. The van der Waals surface area contributed by atoms with Crippen LogP contribution in [-0.2, 0) is 11.3 Å². The van der Waals surface area contributed by atoms with Crippen molar-refractivity contribution in [2.45, 2.75) is 26.0 Å².